The summed E-state index contributed by atoms with van der Waals surface area (Å²) in [6.45, 7) is 2.67. The first-order valence-corrected chi connectivity index (χ1v) is 5.33. The summed E-state index contributed by atoms with van der Waals surface area (Å²) in [4.78, 5) is 12.9. The van der Waals surface area contributed by atoms with Crippen molar-refractivity contribution in [3.63, 3.8) is 0 Å². The molecule has 3 N–H and O–H groups in total. The van der Waals surface area contributed by atoms with Crippen LogP contribution in [0, 0.1) is 6.92 Å². The molecule has 0 atom stereocenters. The molecule has 0 aliphatic heterocycles. The van der Waals surface area contributed by atoms with E-state index in [2.05, 4.69) is 21.9 Å². The number of hydrogen-bond acceptors (Lipinski definition) is 4. The molecule has 5 heteroatoms. The van der Waals surface area contributed by atoms with Gasteiger partial charge in [0.1, 0.15) is 11.5 Å². The molecule has 14 heavy (non-hydrogen) atoms. The van der Waals surface area contributed by atoms with Crippen molar-refractivity contribution < 1.29 is 0 Å². The Labute approximate surface area is 86.2 Å². The van der Waals surface area contributed by atoms with Crippen molar-refractivity contribution >= 4 is 11.3 Å². The van der Waals surface area contributed by atoms with Crippen LogP contribution in [0.5, 0.6) is 0 Å². The molecule has 0 unspecified atom stereocenters. The van der Waals surface area contributed by atoms with E-state index < -0.39 is 0 Å². The Morgan fingerprint density at radius 1 is 1.50 bits per heavy atom. The van der Waals surface area contributed by atoms with E-state index in [-0.39, 0.29) is 0 Å². The van der Waals surface area contributed by atoms with E-state index in [1.807, 2.05) is 11.7 Å². The predicted octanol–water partition coefficient (Wildman–Crippen LogP) is 1.34. The Kier molecular flexibility index (Phi) is 2.60. The molecule has 0 saturated carbocycles. The third-order valence-corrected chi connectivity index (χ3v) is 2.77. The van der Waals surface area contributed by atoms with E-state index in [1.165, 1.54) is 4.88 Å². The van der Waals surface area contributed by atoms with Gasteiger partial charge < -0.3 is 10.7 Å². The summed E-state index contributed by atoms with van der Waals surface area (Å²) in [6, 6.07) is 0. The maximum absolute atomic E-state index is 5.44. The lowest BCUT2D eigenvalue weighted by Gasteiger charge is -1.93. The molecular weight excluding hydrogens is 196 g/mol. The number of nitrogens with one attached hydrogen (secondary N) is 1. The summed E-state index contributed by atoms with van der Waals surface area (Å²) in [7, 11) is 0. The number of aryl methyl sites for hydroxylation is 1. The molecule has 4 nitrogen and oxygen atoms in total. The van der Waals surface area contributed by atoms with Gasteiger partial charge in [0.15, 0.2) is 0 Å². The van der Waals surface area contributed by atoms with Gasteiger partial charge in [-0.2, -0.15) is 0 Å². The Balaban J connectivity index is 2.29. The van der Waals surface area contributed by atoms with Crippen LogP contribution < -0.4 is 5.73 Å². The van der Waals surface area contributed by atoms with E-state index in [0.29, 0.717) is 6.54 Å². The Bertz CT molecular complexity index is 418. The van der Waals surface area contributed by atoms with Crippen molar-refractivity contribution in [3.8, 4) is 11.4 Å². The molecule has 2 aromatic rings. The van der Waals surface area contributed by atoms with Gasteiger partial charge >= 0.3 is 0 Å². The monoisotopic (exact) mass is 208 g/mol. The Morgan fingerprint density at radius 2 is 2.36 bits per heavy atom. The van der Waals surface area contributed by atoms with E-state index >= 15 is 0 Å². The van der Waals surface area contributed by atoms with Gasteiger partial charge in [0.25, 0.3) is 0 Å². The molecule has 0 aliphatic carbocycles. The number of nitrogens with two attached hydrogens (primary N) is 1. The van der Waals surface area contributed by atoms with Crippen LogP contribution in [0.4, 0.5) is 0 Å². The van der Waals surface area contributed by atoms with Crippen LogP contribution in [-0.2, 0) is 6.42 Å². The normalized spacial score (nSPS) is 10.7. The highest BCUT2D eigenvalue weighted by Gasteiger charge is 2.07. The van der Waals surface area contributed by atoms with E-state index in [9.17, 15) is 0 Å². The van der Waals surface area contributed by atoms with Crippen LogP contribution in [0.15, 0.2) is 11.7 Å². The molecule has 0 spiro atoms. The molecule has 0 amide bonds. The number of nitrogens with zero attached hydrogens (tertiary/aromatic N) is 2. The lowest BCUT2D eigenvalue weighted by molar-refractivity contribution is 0.894. The average Bonchev–Trinajstić information content (AvgIpc) is 2.74. The van der Waals surface area contributed by atoms with Gasteiger partial charge in [-0.3, -0.25) is 0 Å². The maximum atomic E-state index is 5.44. The Morgan fingerprint density at radius 3 is 3.00 bits per heavy atom. The average molecular weight is 208 g/mol. The van der Waals surface area contributed by atoms with Gasteiger partial charge in [0.05, 0.1) is 17.4 Å². The molecule has 0 fully saturated rings. The van der Waals surface area contributed by atoms with Crippen LogP contribution >= 0.6 is 11.3 Å². The number of aromatic amines is 1. The summed E-state index contributed by atoms with van der Waals surface area (Å²) in [5.74, 6) is 0.926. The summed E-state index contributed by atoms with van der Waals surface area (Å²) in [5, 5.41) is 0. The highest BCUT2D eigenvalue weighted by atomic mass is 32.1. The Hall–Kier alpha value is -1.20. The number of aromatic nitrogens is 3. The molecule has 74 valence electrons. The van der Waals surface area contributed by atoms with Crippen molar-refractivity contribution in [3.05, 3.63) is 22.4 Å². The molecule has 0 aromatic carbocycles. The van der Waals surface area contributed by atoms with Gasteiger partial charge in [-0.05, 0) is 13.5 Å². The zero-order chi connectivity index (χ0) is 9.97. The SMILES string of the molecule is Cc1scnc1-c1cnc(CCN)[nH]1. The third kappa shape index (κ3) is 1.69. The molecular formula is C9H12N4S. The molecule has 0 radical (unpaired) electrons. The first-order valence-electron chi connectivity index (χ1n) is 4.45. The minimum Gasteiger partial charge on any atom is -0.341 e. The largest absolute Gasteiger partial charge is 0.341 e. The van der Waals surface area contributed by atoms with Crippen molar-refractivity contribution in [2.24, 2.45) is 5.73 Å². The van der Waals surface area contributed by atoms with E-state index in [0.717, 1.165) is 23.6 Å². The van der Waals surface area contributed by atoms with Crippen molar-refractivity contribution in [2.45, 2.75) is 13.3 Å². The van der Waals surface area contributed by atoms with Crippen molar-refractivity contribution in [2.75, 3.05) is 6.54 Å². The first-order chi connectivity index (χ1) is 6.81. The van der Waals surface area contributed by atoms with Crippen LogP contribution in [0.25, 0.3) is 11.4 Å². The van der Waals surface area contributed by atoms with E-state index in [1.54, 1.807) is 11.3 Å². The quantitative estimate of drug-likeness (QED) is 0.800. The molecule has 0 bridgehead atoms. The van der Waals surface area contributed by atoms with Gasteiger partial charge in [-0.1, -0.05) is 0 Å². The highest BCUT2D eigenvalue weighted by Crippen LogP contribution is 2.22. The van der Waals surface area contributed by atoms with Gasteiger partial charge in [-0.25, -0.2) is 9.97 Å². The van der Waals surface area contributed by atoms with Crippen molar-refractivity contribution in [1.82, 2.24) is 15.0 Å². The highest BCUT2D eigenvalue weighted by molar-refractivity contribution is 7.10. The summed E-state index contributed by atoms with van der Waals surface area (Å²) >= 11 is 1.64. The second kappa shape index (κ2) is 3.89. The van der Waals surface area contributed by atoms with Crippen LogP contribution in [0.1, 0.15) is 10.7 Å². The van der Waals surface area contributed by atoms with Gasteiger partial charge in [0, 0.05) is 11.3 Å². The number of thiazole rings is 1. The topological polar surface area (TPSA) is 67.6 Å². The standard InChI is InChI=1S/C9H12N4S/c1-6-9(12-5-14-6)7-4-11-8(13-7)2-3-10/h4-5H,2-3,10H2,1H3,(H,11,13). The summed E-state index contributed by atoms with van der Waals surface area (Å²) in [5.41, 5.74) is 9.26. The third-order valence-electron chi connectivity index (χ3n) is 2.01. The lowest BCUT2D eigenvalue weighted by atomic mass is 10.3. The minimum atomic E-state index is 0.614. The van der Waals surface area contributed by atoms with Gasteiger partial charge in [0.2, 0.25) is 0 Å². The van der Waals surface area contributed by atoms with Crippen LogP contribution in [0.2, 0.25) is 0 Å². The lowest BCUT2D eigenvalue weighted by Crippen LogP contribution is -2.03. The number of imidazole rings is 1. The second-order valence-electron chi connectivity index (χ2n) is 3.04. The van der Waals surface area contributed by atoms with Crippen LogP contribution in [-0.4, -0.2) is 21.5 Å². The molecule has 0 saturated heterocycles. The zero-order valence-corrected chi connectivity index (χ0v) is 8.77. The van der Waals surface area contributed by atoms with Crippen molar-refractivity contribution in [1.29, 1.82) is 0 Å². The zero-order valence-electron chi connectivity index (χ0n) is 7.95. The van der Waals surface area contributed by atoms with Gasteiger partial charge in [-0.15, -0.1) is 11.3 Å². The molecule has 0 aliphatic rings. The fourth-order valence-electron chi connectivity index (χ4n) is 1.31. The summed E-state index contributed by atoms with van der Waals surface area (Å²) < 4.78 is 0. The fraction of sp³-hybridized carbons (Fsp3) is 0.333. The van der Waals surface area contributed by atoms with E-state index in [4.69, 9.17) is 5.73 Å². The predicted molar refractivity (Wildman–Crippen MR) is 57.2 cm³/mol. The number of rotatable bonds is 3. The molecule has 2 rings (SSSR count). The molecule has 2 heterocycles. The smallest absolute Gasteiger partial charge is 0.107 e. The summed E-state index contributed by atoms with van der Waals surface area (Å²) in [6.07, 6.45) is 2.59. The number of H-pyrrole nitrogens is 1. The maximum Gasteiger partial charge on any atom is 0.107 e. The first kappa shape index (κ1) is 9.36. The minimum absolute atomic E-state index is 0.614. The number of hydrogen-bond donors (Lipinski definition) is 2. The molecule has 2 aromatic heterocycles. The van der Waals surface area contributed by atoms with Crippen LogP contribution in [0.3, 0.4) is 0 Å². The fourth-order valence-corrected chi connectivity index (χ4v) is 1.90. The second-order valence-corrected chi connectivity index (χ2v) is 4.10.